The maximum Gasteiger partial charge on any atom is 0.261 e. The number of aromatic nitrogens is 2. The molecule has 0 aliphatic carbocycles. The molecule has 1 N–H and O–H groups in total. The Morgan fingerprint density at radius 1 is 1.20 bits per heavy atom. The second-order valence-electron chi connectivity index (χ2n) is 5.86. The van der Waals surface area contributed by atoms with Gasteiger partial charge in [-0.1, -0.05) is 29.9 Å². The molecular weight excluding hydrogens is 340 g/mol. The number of nitrogens with one attached hydrogen (secondary N) is 1. The van der Waals surface area contributed by atoms with Gasteiger partial charge in [-0.15, -0.1) is 10.2 Å². The Morgan fingerprint density at radius 3 is 2.72 bits per heavy atom. The summed E-state index contributed by atoms with van der Waals surface area (Å²) in [7, 11) is 0. The Balaban J connectivity index is 1.59. The standard InChI is InChI=1S/C17H18N4O3S/c1-3-4-14-19-20-17(25-14)18-13(22)7-8-21-15(23)11-6-5-10(2)9-12(11)16(21)24/h5-6,9H,3-4,7-8H2,1-2H3,(H,18,20,22). The van der Waals surface area contributed by atoms with Crippen molar-refractivity contribution in [2.45, 2.75) is 33.1 Å². The fourth-order valence-corrected chi connectivity index (χ4v) is 3.48. The average Bonchev–Trinajstić information content (AvgIpc) is 3.10. The first-order chi connectivity index (χ1) is 12.0. The van der Waals surface area contributed by atoms with Crippen LogP contribution in [0.2, 0.25) is 0 Å². The van der Waals surface area contributed by atoms with Crippen molar-refractivity contribution < 1.29 is 14.4 Å². The number of imide groups is 1. The number of rotatable bonds is 6. The molecule has 1 aromatic heterocycles. The molecule has 25 heavy (non-hydrogen) atoms. The molecule has 0 unspecified atom stereocenters. The Bertz CT molecular complexity index is 846. The normalized spacial score (nSPS) is 13.3. The van der Waals surface area contributed by atoms with E-state index in [4.69, 9.17) is 0 Å². The number of fused-ring (bicyclic) bond motifs is 1. The molecule has 7 nitrogen and oxygen atoms in total. The van der Waals surface area contributed by atoms with Crippen LogP contribution in [0.25, 0.3) is 0 Å². The monoisotopic (exact) mass is 358 g/mol. The molecule has 130 valence electrons. The lowest BCUT2D eigenvalue weighted by atomic mass is 10.1. The van der Waals surface area contributed by atoms with Crippen molar-refractivity contribution in [2.24, 2.45) is 0 Å². The summed E-state index contributed by atoms with van der Waals surface area (Å²) in [5.74, 6) is -1.00. The Hall–Kier alpha value is -2.61. The summed E-state index contributed by atoms with van der Waals surface area (Å²) >= 11 is 1.33. The molecule has 3 rings (SSSR count). The van der Waals surface area contributed by atoms with Crippen LogP contribution in [0.4, 0.5) is 5.13 Å². The SMILES string of the molecule is CCCc1nnc(NC(=O)CCN2C(=O)c3ccc(C)cc3C2=O)s1. The second kappa shape index (κ2) is 7.10. The summed E-state index contributed by atoms with van der Waals surface area (Å²) in [6.07, 6.45) is 1.80. The van der Waals surface area contributed by atoms with Crippen LogP contribution in [0.3, 0.4) is 0 Å². The van der Waals surface area contributed by atoms with Crippen molar-refractivity contribution in [3.63, 3.8) is 0 Å². The number of benzene rings is 1. The minimum atomic E-state index is -0.353. The van der Waals surface area contributed by atoms with E-state index >= 15 is 0 Å². The van der Waals surface area contributed by atoms with E-state index in [-0.39, 0.29) is 30.7 Å². The number of hydrogen-bond acceptors (Lipinski definition) is 6. The highest BCUT2D eigenvalue weighted by atomic mass is 32.1. The molecule has 0 spiro atoms. The number of carbonyl (C=O) groups excluding carboxylic acids is 3. The van der Waals surface area contributed by atoms with Crippen molar-refractivity contribution in [1.29, 1.82) is 0 Å². The molecule has 0 radical (unpaired) electrons. The van der Waals surface area contributed by atoms with Gasteiger partial charge in [0.25, 0.3) is 11.8 Å². The molecule has 0 saturated carbocycles. The minimum absolute atomic E-state index is 0.0210. The van der Waals surface area contributed by atoms with Crippen LogP contribution in [0.15, 0.2) is 18.2 Å². The van der Waals surface area contributed by atoms with Crippen LogP contribution in [0, 0.1) is 6.92 Å². The van der Waals surface area contributed by atoms with Crippen molar-refractivity contribution >= 4 is 34.2 Å². The third-order valence-electron chi connectivity index (χ3n) is 3.87. The molecular formula is C17H18N4O3S. The molecule has 2 heterocycles. The van der Waals surface area contributed by atoms with Gasteiger partial charge in [-0.25, -0.2) is 0 Å². The van der Waals surface area contributed by atoms with Crippen molar-refractivity contribution in [3.05, 3.63) is 39.9 Å². The maximum atomic E-state index is 12.4. The molecule has 0 saturated heterocycles. The molecule has 2 aromatic rings. The smallest absolute Gasteiger partial charge is 0.261 e. The van der Waals surface area contributed by atoms with Gasteiger partial charge in [0.2, 0.25) is 11.0 Å². The lowest BCUT2D eigenvalue weighted by molar-refractivity contribution is -0.116. The summed E-state index contributed by atoms with van der Waals surface area (Å²) in [6.45, 7) is 3.95. The van der Waals surface area contributed by atoms with Crippen molar-refractivity contribution in [3.8, 4) is 0 Å². The van der Waals surface area contributed by atoms with Gasteiger partial charge < -0.3 is 5.32 Å². The molecule has 0 fully saturated rings. The van der Waals surface area contributed by atoms with Crippen LogP contribution in [-0.2, 0) is 11.2 Å². The zero-order chi connectivity index (χ0) is 18.0. The van der Waals surface area contributed by atoms with E-state index in [1.54, 1.807) is 18.2 Å². The Kier molecular flexibility index (Phi) is 4.89. The fourth-order valence-electron chi connectivity index (χ4n) is 2.62. The molecule has 0 atom stereocenters. The molecule has 1 aliphatic heterocycles. The van der Waals surface area contributed by atoms with Crippen LogP contribution >= 0.6 is 11.3 Å². The Morgan fingerprint density at radius 2 is 1.96 bits per heavy atom. The van der Waals surface area contributed by atoms with E-state index in [9.17, 15) is 14.4 Å². The van der Waals surface area contributed by atoms with Crippen LogP contribution in [0.1, 0.15) is 51.1 Å². The minimum Gasteiger partial charge on any atom is -0.300 e. The summed E-state index contributed by atoms with van der Waals surface area (Å²) in [5, 5.41) is 11.9. The molecule has 8 heteroatoms. The van der Waals surface area contributed by atoms with Crippen LogP contribution in [0.5, 0.6) is 0 Å². The summed E-state index contributed by atoms with van der Waals surface area (Å²) in [6, 6.07) is 5.15. The van der Waals surface area contributed by atoms with Crippen LogP contribution < -0.4 is 5.32 Å². The number of hydrogen-bond donors (Lipinski definition) is 1. The Labute approximate surface area is 149 Å². The van der Waals surface area contributed by atoms with E-state index < -0.39 is 0 Å². The summed E-state index contributed by atoms with van der Waals surface area (Å²) in [4.78, 5) is 37.8. The van der Waals surface area contributed by atoms with Gasteiger partial charge in [0, 0.05) is 19.4 Å². The highest BCUT2D eigenvalue weighted by Crippen LogP contribution is 2.24. The molecule has 3 amide bonds. The van der Waals surface area contributed by atoms with E-state index in [0.29, 0.717) is 16.3 Å². The lowest BCUT2D eigenvalue weighted by Gasteiger charge is -2.12. The van der Waals surface area contributed by atoms with Gasteiger partial charge >= 0.3 is 0 Å². The third-order valence-corrected chi connectivity index (χ3v) is 4.76. The first-order valence-corrected chi connectivity index (χ1v) is 8.90. The van der Waals surface area contributed by atoms with Gasteiger partial charge in [0.1, 0.15) is 5.01 Å². The average molecular weight is 358 g/mol. The van der Waals surface area contributed by atoms with Gasteiger partial charge in [-0.2, -0.15) is 0 Å². The molecule has 1 aliphatic rings. The summed E-state index contributed by atoms with van der Waals surface area (Å²) < 4.78 is 0. The zero-order valence-electron chi connectivity index (χ0n) is 14.0. The van der Waals surface area contributed by atoms with Crippen molar-refractivity contribution in [2.75, 3.05) is 11.9 Å². The number of amides is 3. The van der Waals surface area contributed by atoms with Gasteiger partial charge in [-0.3, -0.25) is 19.3 Å². The lowest BCUT2D eigenvalue weighted by Crippen LogP contribution is -2.32. The van der Waals surface area contributed by atoms with E-state index in [2.05, 4.69) is 15.5 Å². The number of aryl methyl sites for hydroxylation is 2. The molecule has 0 bridgehead atoms. The number of carbonyl (C=O) groups is 3. The fraction of sp³-hybridized carbons (Fsp3) is 0.353. The zero-order valence-corrected chi connectivity index (χ0v) is 14.9. The highest BCUT2D eigenvalue weighted by molar-refractivity contribution is 7.15. The first kappa shape index (κ1) is 17.2. The van der Waals surface area contributed by atoms with Gasteiger partial charge in [-0.05, 0) is 25.5 Å². The first-order valence-electron chi connectivity index (χ1n) is 8.08. The van der Waals surface area contributed by atoms with Gasteiger partial charge in [0.05, 0.1) is 11.1 Å². The van der Waals surface area contributed by atoms with E-state index in [0.717, 1.165) is 28.3 Å². The topological polar surface area (TPSA) is 92.3 Å². The predicted molar refractivity (Wildman–Crippen MR) is 93.7 cm³/mol. The van der Waals surface area contributed by atoms with Crippen LogP contribution in [-0.4, -0.2) is 39.4 Å². The van der Waals surface area contributed by atoms with Gasteiger partial charge in [0.15, 0.2) is 0 Å². The van der Waals surface area contributed by atoms with Crippen molar-refractivity contribution in [1.82, 2.24) is 15.1 Å². The quantitative estimate of drug-likeness (QED) is 0.801. The maximum absolute atomic E-state index is 12.4. The number of nitrogens with zero attached hydrogens (tertiary/aromatic N) is 3. The van der Waals surface area contributed by atoms with E-state index in [1.165, 1.54) is 11.3 Å². The second-order valence-corrected chi connectivity index (χ2v) is 6.92. The number of anilines is 1. The van der Waals surface area contributed by atoms with E-state index in [1.807, 2.05) is 13.8 Å². The predicted octanol–water partition coefficient (Wildman–Crippen LogP) is 2.42. The highest BCUT2D eigenvalue weighted by Gasteiger charge is 2.35. The molecule has 1 aromatic carbocycles. The largest absolute Gasteiger partial charge is 0.300 e. The third kappa shape index (κ3) is 3.58. The summed E-state index contributed by atoms with van der Waals surface area (Å²) in [5.41, 5.74) is 1.71.